The molecule has 0 unspecified atom stereocenters. The smallest absolute Gasteiger partial charge is 0.136 e. The van der Waals surface area contributed by atoms with Gasteiger partial charge in [0.15, 0.2) is 0 Å². The Morgan fingerprint density at radius 2 is 1.95 bits per heavy atom. The number of unbranched alkanes of at least 4 members (excludes halogenated alkanes) is 5. The van der Waals surface area contributed by atoms with E-state index in [2.05, 4.69) is 12.1 Å². The molecule has 0 aromatic heterocycles. The van der Waals surface area contributed by atoms with Crippen LogP contribution in [0.4, 0.5) is 0 Å². The molecule has 1 heterocycles. The molecule has 0 bridgehead atoms. The highest BCUT2D eigenvalue weighted by Crippen LogP contribution is 2.17. The fraction of sp³-hybridized carbons (Fsp3) is 0.714. The molecule has 0 radical (unpaired) electrons. The second-order valence-corrected chi connectivity index (χ2v) is 4.78. The Kier molecular flexibility index (Phi) is 7.89. The van der Waals surface area contributed by atoms with Gasteiger partial charge in [0.05, 0.1) is 0 Å². The van der Waals surface area contributed by atoms with Gasteiger partial charge in [-0.1, -0.05) is 39.0 Å². The van der Waals surface area contributed by atoms with E-state index in [0.717, 1.165) is 18.8 Å². The van der Waals surface area contributed by atoms with Crippen LogP contribution in [0.15, 0.2) is 29.6 Å². The largest absolute Gasteiger partial charge is 0.361 e. The van der Waals surface area contributed by atoms with Gasteiger partial charge in [0.2, 0.25) is 0 Å². The predicted molar refractivity (Wildman–Crippen MR) is 76.8 cm³/mol. The van der Waals surface area contributed by atoms with Gasteiger partial charge in [-0.3, -0.25) is 0 Å². The van der Waals surface area contributed by atoms with Crippen molar-refractivity contribution in [1.82, 2.24) is 9.80 Å². The number of rotatable bonds is 10. The minimum absolute atomic E-state index is 0.469. The summed E-state index contributed by atoms with van der Waals surface area (Å²) in [6.45, 7) is 3.46. The van der Waals surface area contributed by atoms with Crippen LogP contribution >= 0.6 is 0 Å². The summed E-state index contributed by atoms with van der Waals surface area (Å²) in [5, 5.41) is 2.81. The quantitative estimate of drug-likeness (QED) is 0.448. The van der Waals surface area contributed by atoms with Crippen molar-refractivity contribution in [3.8, 4) is 0 Å². The van der Waals surface area contributed by atoms with E-state index >= 15 is 0 Å². The first kappa shape index (κ1) is 15.7. The van der Waals surface area contributed by atoms with Gasteiger partial charge in [-0.05, 0) is 11.6 Å². The van der Waals surface area contributed by atoms with E-state index in [9.17, 15) is 4.91 Å². The van der Waals surface area contributed by atoms with Gasteiger partial charge in [0.25, 0.3) is 0 Å². The van der Waals surface area contributed by atoms with E-state index in [-0.39, 0.29) is 0 Å². The summed E-state index contributed by atoms with van der Waals surface area (Å²) in [6, 6.07) is 0. The van der Waals surface area contributed by atoms with Crippen LogP contribution in [0, 0.1) is 4.91 Å². The molecule has 5 heteroatoms. The maximum atomic E-state index is 10.3. The van der Waals surface area contributed by atoms with E-state index in [1.807, 2.05) is 29.2 Å². The van der Waals surface area contributed by atoms with Crippen LogP contribution in [0.25, 0.3) is 0 Å². The molecule has 0 spiro atoms. The second-order valence-electron chi connectivity index (χ2n) is 4.78. The van der Waals surface area contributed by atoms with E-state index < -0.39 is 0 Å². The van der Waals surface area contributed by atoms with Crippen molar-refractivity contribution < 1.29 is 4.74 Å². The van der Waals surface area contributed by atoms with Gasteiger partial charge in [-0.15, -0.1) is 4.91 Å². The number of nitrogens with zero attached hydrogens (tertiary/aromatic N) is 3. The lowest BCUT2D eigenvalue weighted by molar-refractivity contribution is 0.0629. The Labute approximate surface area is 115 Å². The van der Waals surface area contributed by atoms with Crippen LogP contribution in [0.1, 0.15) is 45.4 Å². The minimum Gasteiger partial charge on any atom is -0.361 e. The molecule has 0 aromatic rings. The third-order valence-electron chi connectivity index (χ3n) is 3.17. The second kappa shape index (κ2) is 9.55. The van der Waals surface area contributed by atoms with Gasteiger partial charge in [-0.25, -0.2) is 0 Å². The van der Waals surface area contributed by atoms with E-state index in [1.165, 1.54) is 38.3 Å². The molecule has 1 aliphatic heterocycles. The van der Waals surface area contributed by atoms with E-state index in [1.54, 1.807) is 0 Å². The Balaban J connectivity index is 2.08. The Bertz CT molecular complexity index is 316. The highest BCUT2D eigenvalue weighted by atomic mass is 16.5. The lowest BCUT2D eigenvalue weighted by atomic mass is 10.1. The van der Waals surface area contributed by atoms with Crippen LogP contribution in [-0.2, 0) is 4.74 Å². The average Bonchev–Trinajstić information content (AvgIpc) is 2.75. The molecule has 0 N–H and O–H groups in total. The Morgan fingerprint density at radius 1 is 1.21 bits per heavy atom. The SMILES string of the molecule is CCCCCCCCOCN1C=CN(C)/C1=C\N=O. The molecule has 1 aliphatic rings. The number of ether oxygens (including phenoxy) is 1. The summed E-state index contributed by atoms with van der Waals surface area (Å²) in [7, 11) is 1.88. The molecule has 0 aromatic carbocycles. The molecule has 0 atom stereocenters. The van der Waals surface area contributed by atoms with Gasteiger partial charge in [0.1, 0.15) is 18.8 Å². The fourth-order valence-electron chi connectivity index (χ4n) is 2.00. The fourth-order valence-corrected chi connectivity index (χ4v) is 2.00. The highest BCUT2D eigenvalue weighted by molar-refractivity contribution is 5.12. The summed E-state index contributed by atoms with van der Waals surface area (Å²) >= 11 is 0. The van der Waals surface area contributed by atoms with Gasteiger partial charge in [0, 0.05) is 26.1 Å². The zero-order valence-electron chi connectivity index (χ0n) is 12.0. The molecular weight excluding hydrogens is 242 g/mol. The van der Waals surface area contributed by atoms with Gasteiger partial charge >= 0.3 is 0 Å². The topological polar surface area (TPSA) is 45.1 Å². The monoisotopic (exact) mass is 267 g/mol. The van der Waals surface area contributed by atoms with Crippen molar-refractivity contribution in [3.05, 3.63) is 29.3 Å². The molecule has 0 saturated heterocycles. The van der Waals surface area contributed by atoms with Crippen LogP contribution in [0.3, 0.4) is 0 Å². The van der Waals surface area contributed by atoms with Crippen molar-refractivity contribution in [2.24, 2.45) is 5.18 Å². The average molecular weight is 267 g/mol. The van der Waals surface area contributed by atoms with Crippen LogP contribution in [0.5, 0.6) is 0 Å². The number of nitroso groups, excluding NO2 is 1. The van der Waals surface area contributed by atoms with Crippen LogP contribution in [-0.4, -0.2) is 30.2 Å². The highest BCUT2D eigenvalue weighted by Gasteiger charge is 2.16. The van der Waals surface area contributed by atoms with E-state index in [4.69, 9.17) is 4.74 Å². The molecule has 0 fully saturated rings. The predicted octanol–water partition coefficient (Wildman–Crippen LogP) is 3.60. The standard InChI is InChI=1S/C14H25N3O2/c1-3-4-5-6-7-8-11-19-13-17-10-9-16(2)14(17)12-15-18/h9-10,12H,3-8,11,13H2,1-2H3/b14-12+. The van der Waals surface area contributed by atoms with Gasteiger partial charge < -0.3 is 14.5 Å². The molecule has 19 heavy (non-hydrogen) atoms. The Morgan fingerprint density at radius 3 is 2.68 bits per heavy atom. The third kappa shape index (κ3) is 5.87. The molecular formula is C14H25N3O2. The molecule has 5 nitrogen and oxygen atoms in total. The summed E-state index contributed by atoms with van der Waals surface area (Å²) < 4.78 is 5.61. The molecule has 0 aliphatic carbocycles. The first-order chi connectivity index (χ1) is 9.29. The van der Waals surface area contributed by atoms with Crippen LogP contribution in [0.2, 0.25) is 0 Å². The first-order valence-electron chi connectivity index (χ1n) is 7.07. The van der Waals surface area contributed by atoms with E-state index in [0.29, 0.717) is 6.73 Å². The molecule has 108 valence electrons. The van der Waals surface area contributed by atoms with Crippen LogP contribution < -0.4 is 0 Å². The molecule has 1 rings (SSSR count). The maximum Gasteiger partial charge on any atom is 0.136 e. The number of hydrogen-bond donors (Lipinski definition) is 0. The molecule has 0 amide bonds. The number of hydrogen-bond acceptors (Lipinski definition) is 5. The summed E-state index contributed by atoms with van der Waals surface area (Å²) in [6.07, 6.45) is 12.6. The lowest BCUT2D eigenvalue weighted by Crippen LogP contribution is -2.22. The normalized spacial score (nSPS) is 16.6. The van der Waals surface area contributed by atoms with Crippen molar-refractivity contribution in [2.75, 3.05) is 20.4 Å². The summed E-state index contributed by atoms with van der Waals surface area (Å²) in [5.41, 5.74) is 0. The maximum absolute atomic E-state index is 10.3. The summed E-state index contributed by atoms with van der Waals surface area (Å²) in [4.78, 5) is 14.0. The molecule has 0 saturated carbocycles. The lowest BCUT2D eigenvalue weighted by Gasteiger charge is -2.20. The Hall–Kier alpha value is -1.36. The van der Waals surface area contributed by atoms with Crippen molar-refractivity contribution in [1.29, 1.82) is 0 Å². The van der Waals surface area contributed by atoms with Crippen molar-refractivity contribution in [2.45, 2.75) is 45.4 Å². The van der Waals surface area contributed by atoms with Crippen molar-refractivity contribution >= 4 is 0 Å². The minimum atomic E-state index is 0.469. The zero-order chi connectivity index (χ0) is 13.9. The summed E-state index contributed by atoms with van der Waals surface area (Å²) in [5.74, 6) is 0.748. The van der Waals surface area contributed by atoms with Gasteiger partial charge in [-0.2, -0.15) is 0 Å². The third-order valence-corrected chi connectivity index (χ3v) is 3.17. The zero-order valence-corrected chi connectivity index (χ0v) is 12.0. The van der Waals surface area contributed by atoms with Crippen molar-refractivity contribution in [3.63, 3.8) is 0 Å². The first-order valence-corrected chi connectivity index (χ1v) is 7.07.